The van der Waals surface area contributed by atoms with Crippen molar-refractivity contribution >= 4 is 22.9 Å². The number of benzene rings is 2. The second-order valence-electron chi connectivity index (χ2n) is 7.27. The Labute approximate surface area is 181 Å². The number of fused-ring (bicyclic) bond motifs is 1. The number of hydrogen-bond donors (Lipinski definition) is 1. The van der Waals surface area contributed by atoms with Crippen molar-refractivity contribution in [2.45, 2.75) is 33.4 Å². The molecule has 0 saturated carbocycles. The Kier molecular flexibility index (Phi) is 7.07. The minimum Gasteiger partial charge on any atom is -0.493 e. The molecular formula is C24H27N3O4. The summed E-state index contributed by atoms with van der Waals surface area (Å²) in [6, 6.07) is 12.6. The molecule has 162 valence electrons. The average molecular weight is 421 g/mol. The molecule has 31 heavy (non-hydrogen) atoms. The first-order valence-electron chi connectivity index (χ1n) is 10.2. The van der Waals surface area contributed by atoms with Crippen LogP contribution in [0.4, 0.5) is 0 Å². The lowest BCUT2D eigenvalue weighted by atomic mass is 10.1. The maximum Gasteiger partial charge on any atom is 0.258 e. The fourth-order valence-electron chi connectivity index (χ4n) is 3.21. The van der Waals surface area contributed by atoms with Gasteiger partial charge in [-0.2, -0.15) is 0 Å². The van der Waals surface area contributed by atoms with Gasteiger partial charge in [-0.3, -0.25) is 9.59 Å². The molecule has 0 spiro atoms. The highest BCUT2D eigenvalue weighted by atomic mass is 16.5. The third-order valence-electron chi connectivity index (χ3n) is 4.79. The summed E-state index contributed by atoms with van der Waals surface area (Å²) in [7, 11) is 1.58. The topological polar surface area (TPSA) is 84.5 Å². The summed E-state index contributed by atoms with van der Waals surface area (Å²) in [6.45, 7) is 6.49. The van der Waals surface area contributed by atoms with Gasteiger partial charge in [0.1, 0.15) is 5.82 Å². The van der Waals surface area contributed by atoms with Crippen molar-refractivity contribution in [3.8, 4) is 11.5 Å². The molecule has 3 rings (SSSR count). The van der Waals surface area contributed by atoms with E-state index >= 15 is 0 Å². The number of carbonyl (C=O) groups excluding carboxylic acids is 1. The van der Waals surface area contributed by atoms with Gasteiger partial charge in [-0.15, -0.1) is 0 Å². The minimum atomic E-state index is -0.214. The first-order chi connectivity index (χ1) is 14.9. The number of aromatic nitrogens is 2. The SMILES string of the molecule is CCOc1ccc(C=CC(=O)N(Cc2nc3ccccc3c(=O)[nH]2)C(C)C)cc1OC. The summed E-state index contributed by atoms with van der Waals surface area (Å²) in [5, 5.41) is 0.526. The van der Waals surface area contributed by atoms with E-state index in [9.17, 15) is 9.59 Å². The van der Waals surface area contributed by atoms with Gasteiger partial charge in [0.2, 0.25) is 5.91 Å². The van der Waals surface area contributed by atoms with E-state index in [1.807, 2.05) is 45.0 Å². The Balaban J connectivity index is 1.80. The fourth-order valence-corrected chi connectivity index (χ4v) is 3.21. The van der Waals surface area contributed by atoms with E-state index in [1.165, 1.54) is 6.08 Å². The molecule has 0 radical (unpaired) electrons. The van der Waals surface area contributed by atoms with E-state index in [0.29, 0.717) is 34.8 Å². The zero-order valence-corrected chi connectivity index (χ0v) is 18.2. The van der Waals surface area contributed by atoms with E-state index < -0.39 is 0 Å². The van der Waals surface area contributed by atoms with Gasteiger partial charge >= 0.3 is 0 Å². The number of rotatable bonds is 8. The predicted molar refractivity (Wildman–Crippen MR) is 121 cm³/mol. The van der Waals surface area contributed by atoms with E-state index in [4.69, 9.17) is 9.47 Å². The van der Waals surface area contributed by atoms with Gasteiger partial charge in [0.15, 0.2) is 11.5 Å². The zero-order chi connectivity index (χ0) is 22.4. The van der Waals surface area contributed by atoms with Crippen molar-refractivity contribution in [3.05, 3.63) is 70.3 Å². The summed E-state index contributed by atoms with van der Waals surface area (Å²) < 4.78 is 10.9. The average Bonchev–Trinajstić information content (AvgIpc) is 2.76. The lowest BCUT2D eigenvalue weighted by Crippen LogP contribution is -2.36. The van der Waals surface area contributed by atoms with Crippen LogP contribution in [0.1, 0.15) is 32.2 Å². The molecule has 0 unspecified atom stereocenters. The highest BCUT2D eigenvalue weighted by Crippen LogP contribution is 2.28. The van der Waals surface area contributed by atoms with Gasteiger partial charge in [0.05, 0.1) is 31.2 Å². The molecule has 0 aliphatic rings. The van der Waals surface area contributed by atoms with Gasteiger partial charge in [-0.1, -0.05) is 18.2 Å². The van der Waals surface area contributed by atoms with Crippen LogP contribution in [0.2, 0.25) is 0 Å². The van der Waals surface area contributed by atoms with Crippen LogP contribution in [0.3, 0.4) is 0 Å². The van der Waals surface area contributed by atoms with Gasteiger partial charge in [-0.05, 0) is 56.7 Å². The Morgan fingerprint density at radius 3 is 2.68 bits per heavy atom. The fraction of sp³-hybridized carbons (Fsp3) is 0.292. The maximum absolute atomic E-state index is 12.9. The van der Waals surface area contributed by atoms with Crippen LogP contribution in [-0.4, -0.2) is 40.5 Å². The Morgan fingerprint density at radius 1 is 1.19 bits per heavy atom. The van der Waals surface area contributed by atoms with Crippen LogP contribution in [0.15, 0.2) is 53.3 Å². The molecule has 1 N–H and O–H groups in total. The summed E-state index contributed by atoms with van der Waals surface area (Å²) >= 11 is 0. The molecule has 0 bridgehead atoms. The lowest BCUT2D eigenvalue weighted by Gasteiger charge is -2.25. The van der Waals surface area contributed by atoms with Crippen LogP contribution < -0.4 is 15.0 Å². The molecular weight excluding hydrogens is 394 g/mol. The molecule has 0 aliphatic heterocycles. The number of aromatic amines is 1. The molecule has 1 heterocycles. The highest BCUT2D eigenvalue weighted by Gasteiger charge is 2.17. The smallest absolute Gasteiger partial charge is 0.258 e. The van der Waals surface area contributed by atoms with Crippen molar-refractivity contribution in [1.29, 1.82) is 0 Å². The number of amides is 1. The molecule has 0 saturated heterocycles. The molecule has 0 fully saturated rings. The molecule has 2 aromatic carbocycles. The van der Waals surface area contributed by atoms with Crippen LogP contribution in [-0.2, 0) is 11.3 Å². The molecule has 7 nitrogen and oxygen atoms in total. The minimum absolute atomic E-state index is 0.0798. The first kappa shape index (κ1) is 22.1. The number of para-hydroxylation sites is 1. The van der Waals surface area contributed by atoms with E-state index in [2.05, 4.69) is 9.97 Å². The largest absolute Gasteiger partial charge is 0.493 e. The standard InChI is InChI=1S/C24H27N3O4/c1-5-31-20-12-10-17(14-21(20)30-4)11-13-23(28)27(16(2)3)15-22-25-19-9-7-6-8-18(19)24(29)26-22/h6-14,16H,5,15H2,1-4H3,(H,25,26,29). The predicted octanol–water partition coefficient (Wildman–Crippen LogP) is 3.78. The third-order valence-corrected chi connectivity index (χ3v) is 4.79. The number of H-pyrrole nitrogens is 1. The van der Waals surface area contributed by atoms with Crippen molar-refractivity contribution in [1.82, 2.24) is 14.9 Å². The van der Waals surface area contributed by atoms with Crippen molar-refractivity contribution in [2.75, 3.05) is 13.7 Å². The number of ether oxygens (including phenoxy) is 2. The number of carbonyl (C=O) groups is 1. The summed E-state index contributed by atoms with van der Waals surface area (Å²) in [5.41, 5.74) is 1.21. The first-order valence-corrected chi connectivity index (χ1v) is 10.2. The van der Waals surface area contributed by atoms with Crippen molar-refractivity contribution < 1.29 is 14.3 Å². The summed E-state index contributed by atoms with van der Waals surface area (Å²) in [4.78, 5) is 34.2. The maximum atomic E-state index is 12.9. The van der Waals surface area contributed by atoms with Gasteiger partial charge in [0.25, 0.3) is 5.56 Å². The molecule has 7 heteroatoms. The Bertz CT molecular complexity index is 1150. The molecule has 0 atom stereocenters. The third kappa shape index (κ3) is 5.31. The Hall–Kier alpha value is -3.61. The number of nitrogens with one attached hydrogen (secondary N) is 1. The normalized spacial score (nSPS) is 11.3. The number of nitrogens with zero attached hydrogens (tertiary/aromatic N) is 2. The van der Waals surface area contributed by atoms with E-state index in [1.54, 1.807) is 36.3 Å². The van der Waals surface area contributed by atoms with Crippen LogP contribution in [0, 0.1) is 0 Å². The summed E-state index contributed by atoms with van der Waals surface area (Å²) in [5.74, 6) is 1.53. The number of methoxy groups -OCH3 is 1. The highest BCUT2D eigenvalue weighted by molar-refractivity contribution is 5.92. The molecule has 3 aromatic rings. The monoisotopic (exact) mass is 421 g/mol. The lowest BCUT2D eigenvalue weighted by molar-refractivity contribution is -0.128. The second-order valence-corrected chi connectivity index (χ2v) is 7.27. The second kappa shape index (κ2) is 9.93. The van der Waals surface area contributed by atoms with Gasteiger partial charge < -0.3 is 19.4 Å². The van der Waals surface area contributed by atoms with Crippen LogP contribution in [0.25, 0.3) is 17.0 Å². The van der Waals surface area contributed by atoms with Gasteiger partial charge in [-0.25, -0.2) is 4.98 Å². The van der Waals surface area contributed by atoms with Crippen LogP contribution in [0.5, 0.6) is 11.5 Å². The molecule has 1 amide bonds. The van der Waals surface area contributed by atoms with Gasteiger partial charge in [0, 0.05) is 12.1 Å². The zero-order valence-electron chi connectivity index (χ0n) is 18.2. The quantitative estimate of drug-likeness (QED) is 0.560. The van der Waals surface area contributed by atoms with E-state index in [0.717, 1.165) is 5.56 Å². The molecule has 0 aliphatic carbocycles. The van der Waals surface area contributed by atoms with Crippen molar-refractivity contribution in [3.63, 3.8) is 0 Å². The van der Waals surface area contributed by atoms with Crippen molar-refractivity contribution in [2.24, 2.45) is 0 Å². The molecule has 1 aromatic heterocycles. The number of hydrogen-bond acceptors (Lipinski definition) is 5. The summed E-state index contributed by atoms with van der Waals surface area (Å²) in [6.07, 6.45) is 3.24. The Morgan fingerprint density at radius 2 is 1.97 bits per heavy atom. The van der Waals surface area contributed by atoms with E-state index in [-0.39, 0.29) is 24.1 Å². The van der Waals surface area contributed by atoms with Crippen LogP contribution >= 0.6 is 0 Å².